The predicted molar refractivity (Wildman–Crippen MR) is 117 cm³/mol. The lowest BCUT2D eigenvalue weighted by molar-refractivity contribution is -0.0390. The second kappa shape index (κ2) is 12.2. The Bertz CT molecular complexity index is 656. The highest BCUT2D eigenvalue weighted by Crippen LogP contribution is 2.31. The van der Waals surface area contributed by atoms with Crippen LogP contribution in [0.4, 0.5) is 0 Å². The Hall–Kier alpha value is -1.67. The molecule has 2 aliphatic heterocycles. The van der Waals surface area contributed by atoms with Gasteiger partial charge in [0, 0.05) is 44.9 Å². The molecule has 2 heterocycles. The fraction of sp³-hybridized carbons (Fsp3) is 0.696. The smallest absolute Gasteiger partial charge is 0.191 e. The minimum absolute atomic E-state index is 0.00758. The van der Waals surface area contributed by atoms with Crippen molar-refractivity contribution in [3.8, 4) is 0 Å². The molecule has 2 aliphatic rings. The van der Waals surface area contributed by atoms with Crippen molar-refractivity contribution in [3.63, 3.8) is 0 Å². The van der Waals surface area contributed by atoms with E-state index in [2.05, 4.69) is 41.8 Å². The highest BCUT2D eigenvalue weighted by molar-refractivity contribution is 5.79. The highest BCUT2D eigenvalue weighted by Gasteiger charge is 2.34. The minimum atomic E-state index is -0.00758. The van der Waals surface area contributed by atoms with Crippen LogP contribution in [0, 0.1) is 5.41 Å². The normalized spacial score (nSPS) is 22.9. The third-order valence-corrected chi connectivity index (χ3v) is 5.87. The van der Waals surface area contributed by atoms with Crippen molar-refractivity contribution in [2.45, 2.75) is 51.9 Å². The lowest BCUT2D eigenvalue weighted by Gasteiger charge is -2.27. The lowest BCUT2D eigenvalue weighted by Crippen LogP contribution is -2.44. The largest absolute Gasteiger partial charge is 0.396 e. The van der Waals surface area contributed by atoms with E-state index in [0.29, 0.717) is 25.9 Å². The first-order chi connectivity index (χ1) is 14.7. The van der Waals surface area contributed by atoms with E-state index in [0.717, 1.165) is 70.1 Å². The third-order valence-electron chi connectivity index (χ3n) is 5.87. The number of nitrogens with one attached hydrogen (secondary N) is 2. The van der Waals surface area contributed by atoms with Crippen molar-refractivity contribution in [2.24, 2.45) is 10.4 Å². The zero-order valence-electron chi connectivity index (χ0n) is 18.2. The molecule has 2 fully saturated rings. The number of guanidine groups is 1. The Morgan fingerprint density at radius 1 is 1.20 bits per heavy atom. The number of hydrogen-bond donors (Lipinski definition) is 3. The summed E-state index contributed by atoms with van der Waals surface area (Å²) in [5, 5.41) is 16.2. The van der Waals surface area contributed by atoms with Crippen molar-refractivity contribution >= 4 is 5.96 Å². The van der Waals surface area contributed by atoms with Crippen molar-refractivity contribution in [3.05, 3.63) is 35.4 Å². The Morgan fingerprint density at radius 3 is 2.77 bits per heavy atom. The zero-order valence-corrected chi connectivity index (χ0v) is 18.2. The lowest BCUT2D eigenvalue weighted by atomic mass is 9.84. The van der Waals surface area contributed by atoms with Gasteiger partial charge in [-0.2, -0.15) is 0 Å². The van der Waals surface area contributed by atoms with E-state index < -0.39 is 0 Å². The topological polar surface area (TPSA) is 84.3 Å². The van der Waals surface area contributed by atoms with E-state index in [1.54, 1.807) is 0 Å². The van der Waals surface area contributed by atoms with Gasteiger partial charge in [-0.1, -0.05) is 24.3 Å². The predicted octanol–water partition coefficient (Wildman–Crippen LogP) is 2.23. The van der Waals surface area contributed by atoms with E-state index in [-0.39, 0.29) is 12.0 Å². The Morgan fingerprint density at radius 2 is 2.03 bits per heavy atom. The summed E-state index contributed by atoms with van der Waals surface area (Å²) < 4.78 is 17.0. The summed E-state index contributed by atoms with van der Waals surface area (Å²) in [6.45, 7) is 8.07. The van der Waals surface area contributed by atoms with Crippen LogP contribution in [0.1, 0.15) is 43.7 Å². The Kier molecular flexibility index (Phi) is 9.39. The van der Waals surface area contributed by atoms with Gasteiger partial charge < -0.3 is 30.0 Å². The second-order valence-electron chi connectivity index (χ2n) is 8.27. The molecule has 0 bridgehead atoms. The average Bonchev–Trinajstić information content (AvgIpc) is 3.24. The molecule has 1 aromatic rings. The van der Waals surface area contributed by atoms with Gasteiger partial charge in [0.15, 0.2) is 5.96 Å². The van der Waals surface area contributed by atoms with Gasteiger partial charge in [0.2, 0.25) is 0 Å². The van der Waals surface area contributed by atoms with Crippen LogP contribution in [0.25, 0.3) is 0 Å². The van der Waals surface area contributed by atoms with E-state index in [1.165, 1.54) is 5.56 Å². The number of ether oxygens (including phenoxy) is 3. The molecule has 1 atom stereocenters. The molecule has 168 valence electrons. The standard InChI is InChI=1S/C23H37N3O4/c1-2-24-22(26-17-23(8-10-27)9-13-29-18-23)25-15-19-4-3-5-20(14-19)16-30-21-6-11-28-12-7-21/h3-5,14,21,27H,2,6-13,15-18H2,1H3,(H2,24,25,26). The number of benzene rings is 1. The monoisotopic (exact) mass is 419 g/mol. The highest BCUT2D eigenvalue weighted by atomic mass is 16.5. The molecule has 0 spiro atoms. The third kappa shape index (κ3) is 7.23. The van der Waals surface area contributed by atoms with Gasteiger partial charge in [0.1, 0.15) is 0 Å². The first-order valence-corrected chi connectivity index (χ1v) is 11.2. The zero-order chi connectivity index (χ0) is 21.1. The molecular formula is C23H37N3O4. The average molecular weight is 420 g/mol. The van der Waals surface area contributed by atoms with Gasteiger partial charge in [-0.15, -0.1) is 0 Å². The Labute approximate surface area is 180 Å². The summed E-state index contributed by atoms with van der Waals surface area (Å²) in [6.07, 6.45) is 3.97. The van der Waals surface area contributed by atoms with Crippen LogP contribution in [0.15, 0.2) is 29.3 Å². The first-order valence-electron chi connectivity index (χ1n) is 11.2. The molecule has 0 radical (unpaired) electrons. The van der Waals surface area contributed by atoms with E-state index in [4.69, 9.17) is 19.2 Å². The first kappa shape index (κ1) is 23.0. The van der Waals surface area contributed by atoms with Crippen LogP contribution in [0.2, 0.25) is 0 Å². The van der Waals surface area contributed by atoms with E-state index in [9.17, 15) is 5.11 Å². The van der Waals surface area contributed by atoms with Crippen LogP contribution >= 0.6 is 0 Å². The van der Waals surface area contributed by atoms with Crippen LogP contribution in [0.3, 0.4) is 0 Å². The summed E-state index contributed by atoms with van der Waals surface area (Å²) in [4.78, 5) is 4.76. The SMILES string of the molecule is CCNC(=NCc1cccc(COC2CCOCC2)c1)NCC1(CCO)CCOC1. The second-order valence-corrected chi connectivity index (χ2v) is 8.27. The molecule has 30 heavy (non-hydrogen) atoms. The molecule has 0 amide bonds. The van der Waals surface area contributed by atoms with Gasteiger partial charge in [0.05, 0.1) is 25.9 Å². The van der Waals surface area contributed by atoms with Gasteiger partial charge in [-0.05, 0) is 43.7 Å². The number of rotatable bonds is 10. The summed E-state index contributed by atoms with van der Waals surface area (Å²) in [7, 11) is 0. The van der Waals surface area contributed by atoms with Crippen molar-refractivity contribution in [1.82, 2.24) is 10.6 Å². The van der Waals surface area contributed by atoms with Crippen LogP contribution < -0.4 is 10.6 Å². The van der Waals surface area contributed by atoms with Gasteiger partial charge in [0.25, 0.3) is 0 Å². The van der Waals surface area contributed by atoms with Crippen molar-refractivity contribution in [1.29, 1.82) is 0 Å². The molecular weight excluding hydrogens is 382 g/mol. The number of nitrogens with zero attached hydrogens (tertiary/aromatic N) is 1. The van der Waals surface area contributed by atoms with Gasteiger partial charge in [-0.3, -0.25) is 0 Å². The summed E-state index contributed by atoms with van der Waals surface area (Å²) in [5.74, 6) is 0.797. The molecule has 3 N–H and O–H groups in total. The molecule has 0 aliphatic carbocycles. The minimum Gasteiger partial charge on any atom is -0.396 e. The van der Waals surface area contributed by atoms with Crippen LogP contribution in [-0.2, 0) is 27.4 Å². The molecule has 0 aromatic heterocycles. The maximum atomic E-state index is 9.42. The van der Waals surface area contributed by atoms with Crippen LogP contribution in [-0.4, -0.2) is 63.3 Å². The van der Waals surface area contributed by atoms with Crippen molar-refractivity contribution in [2.75, 3.05) is 46.1 Å². The Balaban J connectivity index is 1.53. The van der Waals surface area contributed by atoms with E-state index >= 15 is 0 Å². The fourth-order valence-electron chi connectivity index (χ4n) is 3.97. The number of aliphatic hydroxyl groups is 1. The van der Waals surface area contributed by atoms with Gasteiger partial charge >= 0.3 is 0 Å². The number of aliphatic imine (C=N–C) groups is 1. The molecule has 1 unspecified atom stereocenters. The maximum Gasteiger partial charge on any atom is 0.191 e. The summed E-state index contributed by atoms with van der Waals surface area (Å²) >= 11 is 0. The van der Waals surface area contributed by atoms with E-state index in [1.807, 2.05) is 0 Å². The quantitative estimate of drug-likeness (QED) is 0.398. The molecule has 2 saturated heterocycles. The molecule has 7 nitrogen and oxygen atoms in total. The molecule has 1 aromatic carbocycles. The fourth-order valence-corrected chi connectivity index (χ4v) is 3.97. The molecule has 3 rings (SSSR count). The van der Waals surface area contributed by atoms with Crippen LogP contribution in [0.5, 0.6) is 0 Å². The summed E-state index contributed by atoms with van der Waals surface area (Å²) in [5.41, 5.74) is 2.33. The summed E-state index contributed by atoms with van der Waals surface area (Å²) in [6, 6.07) is 8.45. The maximum absolute atomic E-state index is 9.42. The number of hydrogen-bond acceptors (Lipinski definition) is 5. The molecule has 0 saturated carbocycles. The van der Waals surface area contributed by atoms with Gasteiger partial charge in [-0.25, -0.2) is 4.99 Å². The van der Waals surface area contributed by atoms with Crippen molar-refractivity contribution < 1.29 is 19.3 Å². The number of aliphatic hydroxyl groups excluding tert-OH is 1. The molecule has 7 heteroatoms.